The quantitative estimate of drug-likeness (QED) is 0.884. The van der Waals surface area contributed by atoms with Gasteiger partial charge >= 0.3 is 12.2 Å². The number of pyridine rings is 1. The van der Waals surface area contributed by atoms with Crippen LogP contribution >= 0.6 is 0 Å². The number of aromatic nitrogens is 3. The van der Waals surface area contributed by atoms with Crippen molar-refractivity contribution in [3.8, 4) is 0 Å². The molecule has 1 saturated heterocycles. The Bertz CT molecular complexity index is 774. The van der Waals surface area contributed by atoms with Crippen molar-refractivity contribution in [2.75, 3.05) is 31.1 Å². The molecule has 1 aliphatic rings. The number of nitrogens with one attached hydrogen (secondary N) is 1. The average molecular weight is 382 g/mol. The van der Waals surface area contributed by atoms with Crippen molar-refractivity contribution in [1.29, 1.82) is 0 Å². The molecule has 2 aromatic heterocycles. The lowest BCUT2D eigenvalue weighted by molar-refractivity contribution is -0.137. The summed E-state index contributed by atoms with van der Waals surface area (Å²) in [5.41, 5.74) is 0.131. The highest BCUT2D eigenvalue weighted by molar-refractivity contribution is 5.74. The highest BCUT2D eigenvalue weighted by Gasteiger charge is 2.31. The van der Waals surface area contributed by atoms with E-state index in [0.29, 0.717) is 45.0 Å². The van der Waals surface area contributed by atoms with E-state index >= 15 is 0 Å². The summed E-state index contributed by atoms with van der Waals surface area (Å²) in [4.78, 5) is 19.9. The Balaban J connectivity index is 1.55. The molecular formula is C17H21F3N6O. The van der Waals surface area contributed by atoms with Gasteiger partial charge in [0.25, 0.3) is 0 Å². The fourth-order valence-corrected chi connectivity index (χ4v) is 2.94. The van der Waals surface area contributed by atoms with Crippen LogP contribution in [0.3, 0.4) is 0 Å². The molecule has 1 fully saturated rings. The molecule has 2 amide bonds. The third kappa shape index (κ3) is 4.69. The second-order valence-electron chi connectivity index (χ2n) is 6.34. The number of halogens is 3. The van der Waals surface area contributed by atoms with Crippen LogP contribution in [-0.4, -0.2) is 51.9 Å². The SMILES string of the molecule is Cn1nccc1CNC(=O)N1CCCN(c2ccc(C(F)(F)F)cn2)CC1. The van der Waals surface area contributed by atoms with E-state index < -0.39 is 11.7 Å². The number of aryl methyl sites for hydroxylation is 1. The molecule has 3 heterocycles. The molecule has 0 aliphatic carbocycles. The summed E-state index contributed by atoms with van der Waals surface area (Å²) in [5.74, 6) is 0.486. The van der Waals surface area contributed by atoms with Crippen LogP contribution < -0.4 is 10.2 Å². The first-order valence-corrected chi connectivity index (χ1v) is 8.62. The second-order valence-corrected chi connectivity index (χ2v) is 6.34. The predicted molar refractivity (Wildman–Crippen MR) is 93.1 cm³/mol. The molecule has 0 atom stereocenters. The minimum atomic E-state index is -4.40. The summed E-state index contributed by atoms with van der Waals surface area (Å²) in [6, 6.07) is 4.08. The Kier molecular flexibility index (Phi) is 5.52. The average Bonchev–Trinajstić information content (AvgIpc) is 2.90. The summed E-state index contributed by atoms with van der Waals surface area (Å²) in [7, 11) is 1.81. The maximum absolute atomic E-state index is 12.7. The molecule has 2 aromatic rings. The van der Waals surface area contributed by atoms with Crippen molar-refractivity contribution in [3.63, 3.8) is 0 Å². The number of anilines is 1. The maximum Gasteiger partial charge on any atom is 0.417 e. The molecular weight excluding hydrogens is 361 g/mol. The van der Waals surface area contributed by atoms with Crippen LogP contribution in [0.4, 0.5) is 23.8 Å². The van der Waals surface area contributed by atoms with Gasteiger partial charge in [-0.15, -0.1) is 0 Å². The van der Waals surface area contributed by atoms with Crippen LogP contribution in [0.5, 0.6) is 0 Å². The van der Waals surface area contributed by atoms with Gasteiger partial charge < -0.3 is 15.1 Å². The van der Waals surface area contributed by atoms with E-state index in [-0.39, 0.29) is 6.03 Å². The lowest BCUT2D eigenvalue weighted by Gasteiger charge is -2.23. The highest BCUT2D eigenvalue weighted by Crippen LogP contribution is 2.29. The molecule has 1 N–H and O–H groups in total. The van der Waals surface area contributed by atoms with E-state index in [1.165, 1.54) is 6.07 Å². The summed E-state index contributed by atoms with van der Waals surface area (Å²) < 4.78 is 39.7. The first-order chi connectivity index (χ1) is 12.8. The van der Waals surface area contributed by atoms with Crippen molar-refractivity contribution >= 4 is 11.8 Å². The standard InChI is InChI=1S/C17H21F3N6O/c1-24-14(5-6-23-24)12-22-16(27)26-8-2-7-25(9-10-26)15-4-3-13(11-21-15)17(18,19)20/h3-6,11H,2,7-10,12H2,1H3,(H,22,27). The maximum atomic E-state index is 12.7. The molecule has 3 rings (SSSR count). The van der Waals surface area contributed by atoms with Crippen LogP contribution in [0.2, 0.25) is 0 Å². The third-order valence-electron chi connectivity index (χ3n) is 4.53. The Morgan fingerprint density at radius 3 is 2.63 bits per heavy atom. The number of hydrogen-bond donors (Lipinski definition) is 1. The minimum Gasteiger partial charge on any atom is -0.355 e. The fourth-order valence-electron chi connectivity index (χ4n) is 2.94. The number of nitrogens with zero attached hydrogens (tertiary/aromatic N) is 5. The van der Waals surface area contributed by atoms with Gasteiger partial charge in [-0.3, -0.25) is 4.68 Å². The van der Waals surface area contributed by atoms with E-state index in [1.54, 1.807) is 15.8 Å². The van der Waals surface area contributed by atoms with Gasteiger partial charge in [-0.05, 0) is 24.6 Å². The van der Waals surface area contributed by atoms with Crippen molar-refractivity contribution in [1.82, 2.24) is 25.0 Å². The van der Waals surface area contributed by atoms with E-state index in [0.717, 1.165) is 18.0 Å². The van der Waals surface area contributed by atoms with Crippen LogP contribution in [-0.2, 0) is 19.8 Å². The first-order valence-electron chi connectivity index (χ1n) is 8.62. The smallest absolute Gasteiger partial charge is 0.355 e. The molecule has 0 aromatic carbocycles. The van der Waals surface area contributed by atoms with Crippen LogP contribution in [0, 0.1) is 0 Å². The number of hydrogen-bond acceptors (Lipinski definition) is 4. The zero-order chi connectivity index (χ0) is 19.4. The van der Waals surface area contributed by atoms with Crippen LogP contribution in [0.25, 0.3) is 0 Å². The molecule has 146 valence electrons. The van der Waals surface area contributed by atoms with Gasteiger partial charge in [0.15, 0.2) is 0 Å². The summed E-state index contributed by atoms with van der Waals surface area (Å²) >= 11 is 0. The molecule has 0 spiro atoms. The van der Waals surface area contributed by atoms with Crippen molar-refractivity contribution in [3.05, 3.63) is 41.9 Å². The summed E-state index contributed by atoms with van der Waals surface area (Å²) in [5, 5.41) is 6.92. The first kappa shape index (κ1) is 19.0. The zero-order valence-corrected chi connectivity index (χ0v) is 14.9. The fraction of sp³-hybridized carbons (Fsp3) is 0.471. The van der Waals surface area contributed by atoms with Gasteiger partial charge in [0, 0.05) is 45.6 Å². The summed E-state index contributed by atoms with van der Waals surface area (Å²) in [6.45, 7) is 2.58. The van der Waals surface area contributed by atoms with Gasteiger partial charge in [-0.2, -0.15) is 18.3 Å². The van der Waals surface area contributed by atoms with Crippen LogP contribution in [0.15, 0.2) is 30.6 Å². The second kappa shape index (κ2) is 7.85. The molecule has 0 saturated carbocycles. The molecule has 10 heteroatoms. The van der Waals surface area contributed by atoms with Crippen molar-refractivity contribution in [2.24, 2.45) is 7.05 Å². The molecule has 0 bridgehead atoms. The summed E-state index contributed by atoms with van der Waals surface area (Å²) in [6.07, 6.45) is -1.17. The largest absolute Gasteiger partial charge is 0.417 e. The van der Waals surface area contributed by atoms with E-state index in [1.807, 2.05) is 18.0 Å². The van der Waals surface area contributed by atoms with Gasteiger partial charge in [-0.1, -0.05) is 0 Å². The normalized spacial score (nSPS) is 15.6. The Morgan fingerprint density at radius 2 is 2.00 bits per heavy atom. The molecule has 0 radical (unpaired) electrons. The van der Waals surface area contributed by atoms with E-state index in [2.05, 4.69) is 15.4 Å². The van der Waals surface area contributed by atoms with Crippen LogP contribution in [0.1, 0.15) is 17.7 Å². The monoisotopic (exact) mass is 382 g/mol. The van der Waals surface area contributed by atoms with Gasteiger partial charge in [-0.25, -0.2) is 9.78 Å². The van der Waals surface area contributed by atoms with Crippen molar-refractivity contribution in [2.45, 2.75) is 19.1 Å². The molecule has 0 unspecified atom stereocenters. The van der Waals surface area contributed by atoms with Gasteiger partial charge in [0.1, 0.15) is 5.82 Å². The number of rotatable bonds is 3. The lowest BCUT2D eigenvalue weighted by atomic mass is 10.2. The number of carbonyl (C=O) groups excluding carboxylic acids is 1. The molecule has 1 aliphatic heterocycles. The number of amides is 2. The Morgan fingerprint density at radius 1 is 1.19 bits per heavy atom. The topological polar surface area (TPSA) is 66.3 Å². The third-order valence-corrected chi connectivity index (χ3v) is 4.53. The van der Waals surface area contributed by atoms with Crippen molar-refractivity contribution < 1.29 is 18.0 Å². The number of carbonyl (C=O) groups is 1. The van der Waals surface area contributed by atoms with E-state index in [4.69, 9.17) is 0 Å². The highest BCUT2D eigenvalue weighted by atomic mass is 19.4. The lowest BCUT2D eigenvalue weighted by Crippen LogP contribution is -2.42. The predicted octanol–water partition coefficient (Wildman–Crippen LogP) is 2.26. The van der Waals surface area contributed by atoms with Gasteiger partial charge in [0.2, 0.25) is 0 Å². The molecule has 27 heavy (non-hydrogen) atoms. The van der Waals surface area contributed by atoms with Gasteiger partial charge in [0.05, 0.1) is 17.8 Å². The Labute approximate surface area is 154 Å². The minimum absolute atomic E-state index is 0.168. The van der Waals surface area contributed by atoms with E-state index in [9.17, 15) is 18.0 Å². The molecule has 7 nitrogen and oxygen atoms in total. The number of alkyl halides is 3. The zero-order valence-electron chi connectivity index (χ0n) is 14.9. The Hall–Kier alpha value is -2.78. The number of urea groups is 1.